The zero-order valence-corrected chi connectivity index (χ0v) is 15.5. The number of amides is 1. The molecule has 0 saturated heterocycles. The van der Waals surface area contributed by atoms with Crippen molar-refractivity contribution >= 4 is 28.9 Å². The summed E-state index contributed by atoms with van der Waals surface area (Å²) < 4.78 is 5.75. The molecular weight excluding hydrogens is 346 g/mol. The molecule has 0 aliphatic carbocycles. The quantitative estimate of drug-likeness (QED) is 0.706. The number of carbonyl (C=O) groups is 1. The smallest absolute Gasteiger partial charge is 0.255 e. The number of para-hydroxylation sites is 2. The van der Waals surface area contributed by atoms with Gasteiger partial charge in [0.05, 0.1) is 18.2 Å². The first-order valence-corrected chi connectivity index (χ1v) is 8.87. The third-order valence-corrected chi connectivity index (χ3v) is 4.30. The molecule has 0 bridgehead atoms. The third-order valence-electron chi connectivity index (χ3n) is 4.08. The molecule has 0 saturated carbocycles. The van der Waals surface area contributed by atoms with Crippen molar-refractivity contribution in [3.63, 3.8) is 0 Å². The average Bonchev–Trinajstić information content (AvgIpc) is 2.62. The highest BCUT2D eigenvalue weighted by Gasteiger charge is 2.31. The maximum atomic E-state index is 13.0. The summed E-state index contributed by atoms with van der Waals surface area (Å²) in [5.41, 5.74) is 2.91. The van der Waals surface area contributed by atoms with Gasteiger partial charge in [0, 0.05) is 16.9 Å². The van der Waals surface area contributed by atoms with Crippen molar-refractivity contribution in [2.75, 3.05) is 11.9 Å². The van der Waals surface area contributed by atoms with Gasteiger partial charge in [0.25, 0.3) is 5.91 Å². The lowest BCUT2D eigenvalue weighted by Gasteiger charge is -2.31. The van der Waals surface area contributed by atoms with Gasteiger partial charge >= 0.3 is 0 Å². The van der Waals surface area contributed by atoms with E-state index in [1.54, 1.807) is 0 Å². The van der Waals surface area contributed by atoms with E-state index in [1.165, 1.54) is 0 Å². The van der Waals surface area contributed by atoms with Crippen LogP contribution in [0.4, 0.5) is 5.69 Å². The van der Waals surface area contributed by atoms with E-state index in [2.05, 4.69) is 16.0 Å². The van der Waals surface area contributed by atoms with Crippen LogP contribution in [0.2, 0.25) is 0 Å². The van der Waals surface area contributed by atoms with Crippen LogP contribution in [0.1, 0.15) is 25.5 Å². The molecule has 3 rings (SSSR count). The Bertz CT molecular complexity index is 849. The van der Waals surface area contributed by atoms with Gasteiger partial charge in [-0.05, 0) is 44.3 Å². The van der Waals surface area contributed by atoms with Crippen LogP contribution in [0.3, 0.4) is 0 Å². The third kappa shape index (κ3) is 3.86. The van der Waals surface area contributed by atoms with Gasteiger partial charge in [-0.3, -0.25) is 4.79 Å². The fourth-order valence-electron chi connectivity index (χ4n) is 2.95. The molecule has 3 N–H and O–H groups in total. The molecule has 5 nitrogen and oxygen atoms in total. The molecule has 1 atom stereocenters. The van der Waals surface area contributed by atoms with Crippen molar-refractivity contribution in [1.29, 1.82) is 0 Å². The Morgan fingerprint density at radius 1 is 1.15 bits per heavy atom. The van der Waals surface area contributed by atoms with Gasteiger partial charge in [-0.1, -0.05) is 36.4 Å². The van der Waals surface area contributed by atoms with Gasteiger partial charge < -0.3 is 20.7 Å². The molecule has 2 aromatic rings. The number of allylic oxidation sites excluding steroid dienone is 1. The number of benzene rings is 2. The lowest BCUT2D eigenvalue weighted by molar-refractivity contribution is -0.113. The lowest BCUT2D eigenvalue weighted by atomic mass is 9.94. The first-order chi connectivity index (χ1) is 12.6. The molecule has 1 heterocycles. The fourth-order valence-corrected chi connectivity index (χ4v) is 3.22. The van der Waals surface area contributed by atoms with Crippen LogP contribution in [0, 0.1) is 0 Å². The summed E-state index contributed by atoms with van der Waals surface area (Å²) in [6.07, 6.45) is 0. The zero-order valence-electron chi connectivity index (χ0n) is 14.7. The predicted molar refractivity (Wildman–Crippen MR) is 107 cm³/mol. The van der Waals surface area contributed by atoms with Crippen molar-refractivity contribution in [3.05, 3.63) is 71.4 Å². The summed E-state index contributed by atoms with van der Waals surface area (Å²) in [6, 6.07) is 16.7. The normalized spacial score (nSPS) is 16.5. The highest BCUT2D eigenvalue weighted by atomic mass is 32.1. The Hall–Kier alpha value is -2.86. The fraction of sp³-hybridized carbons (Fsp3) is 0.200. The van der Waals surface area contributed by atoms with Gasteiger partial charge in [-0.25, -0.2) is 0 Å². The number of hydrogen-bond acceptors (Lipinski definition) is 3. The van der Waals surface area contributed by atoms with Crippen molar-refractivity contribution in [2.45, 2.75) is 19.9 Å². The van der Waals surface area contributed by atoms with E-state index in [0.717, 1.165) is 22.7 Å². The van der Waals surface area contributed by atoms with Gasteiger partial charge in [-0.15, -0.1) is 0 Å². The van der Waals surface area contributed by atoms with Crippen LogP contribution in [-0.2, 0) is 4.79 Å². The molecule has 6 heteroatoms. The number of rotatable bonds is 5. The molecule has 0 unspecified atom stereocenters. The Balaban J connectivity index is 1.98. The molecule has 26 heavy (non-hydrogen) atoms. The van der Waals surface area contributed by atoms with E-state index in [9.17, 15) is 4.79 Å². The highest BCUT2D eigenvalue weighted by molar-refractivity contribution is 7.80. The molecule has 1 aliphatic heterocycles. The minimum atomic E-state index is -0.393. The van der Waals surface area contributed by atoms with E-state index in [0.29, 0.717) is 17.3 Å². The van der Waals surface area contributed by atoms with E-state index in [1.807, 2.05) is 68.4 Å². The molecule has 0 fully saturated rings. The number of carbonyl (C=O) groups excluding carboxylic acids is 1. The second kappa shape index (κ2) is 8.01. The summed E-state index contributed by atoms with van der Waals surface area (Å²) in [7, 11) is 0. The van der Waals surface area contributed by atoms with Crippen molar-refractivity contribution in [2.24, 2.45) is 0 Å². The summed E-state index contributed by atoms with van der Waals surface area (Å²) in [4.78, 5) is 13.0. The van der Waals surface area contributed by atoms with E-state index < -0.39 is 6.04 Å². The minimum absolute atomic E-state index is 0.187. The average molecular weight is 367 g/mol. The molecule has 1 amide bonds. The van der Waals surface area contributed by atoms with Crippen LogP contribution in [0.25, 0.3) is 0 Å². The molecular formula is C20H21N3O2S. The van der Waals surface area contributed by atoms with Crippen molar-refractivity contribution < 1.29 is 9.53 Å². The summed E-state index contributed by atoms with van der Waals surface area (Å²) >= 11 is 5.31. The Kier molecular flexibility index (Phi) is 5.53. The maximum absolute atomic E-state index is 13.0. The summed E-state index contributed by atoms with van der Waals surface area (Å²) in [5.74, 6) is 0.544. The van der Waals surface area contributed by atoms with Crippen LogP contribution in [0.15, 0.2) is 65.9 Å². The van der Waals surface area contributed by atoms with Crippen LogP contribution in [0.5, 0.6) is 5.75 Å². The lowest BCUT2D eigenvalue weighted by Crippen LogP contribution is -2.45. The van der Waals surface area contributed by atoms with Crippen LogP contribution < -0.4 is 20.7 Å². The van der Waals surface area contributed by atoms with Gasteiger partial charge in [-0.2, -0.15) is 0 Å². The predicted octanol–water partition coefficient (Wildman–Crippen LogP) is 3.52. The number of hydrogen-bond donors (Lipinski definition) is 3. The molecule has 0 radical (unpaired) electrons. The van der Waals surface area contributed by atoms with Crippen LogP contribution in [-0.4, -0.2) is 17.6 Å². The topological polar surface area (TPSA) is 62.4 Å². The highest BCUT2D eigenvalue weighted by Crippen LogP contribution is 2.33. The van der Waals surface area contributed by atoms with E-state index >= 15 is 0 Å². The van der Waals surface area contributed by atoms with E-state index in [-0.39, 0.29) is 5.91 Å². The number of nitrogens with one attached hydrogen (secondary N) is 3. The molecule has 1 aliphatic rings. The maximum Gasteiger partial charge on any atom is 0.255 e. The van der Waals surface area contributed by atoms with Crippen LogP contribution >= 0.6 is 12.2 Å². The Morgan fingerprint density at radius 2 is 1.85 bits per heavy atom. The zero-order chi connectivity index (χ0) is 18.5. The Labute approximate surface area is 158 Å². The minimum Gasteiger partial charge on any atom is -0.494 e. The molecule has 2 aromatic carbocycles. The molecule has 134 valence electrons. The van der Waals surface area contributed by atoms with Gasteiger partial charge in [0.1, 0.15) is 5.75 Å². The summed E-state index contributed by atoms with van der Waals surface area (Å²) in [5, 5.41) is 9.67. The van der Waals surface area contributed by atoms with Crippen molar-refractivity contribution in [1.82, 2.24) is 10.6 Å². The monoisotopic (exact) mass is 367 g/mol. The number of ether oxygens (including phenoxy) is 1. The second-order valence-corrected chi connectivity index (χ2v) is 6.27. The molecule has 0 spiro atoms. The summed E-state index contributed by atoms with van der Waals surface area (Å²) in [6.45, 7) is 4.32. The standard InChI is InChI=1S/C20H21N3O2S/c1-3-25-16-12-8-7-11-15(16)18-17(13(2)21-20(26)23-18)19(24)22-14-9-5-4-6-10-14/h4-12,18H,3H2,1-2H3,(H,22,24)(H2,21,23,26)/t18-/m0/s1. The van der Waals surface area contributed by atoms with E-state index in [4.69, 9.17) is 17.0 Å². The first-order valence-electron chi connectivity index (χ1n) is 8.46. The van der Waals surface area contributed by atoms with Gasteiger partial charge in [0.2, 0.25) is 0 Å². The van der Waals surface area contributed by atoms with Gasteiger partial charge in [0.15, 0.2) is 5.11 Å². The largest absolute Gasteiger partial charge is 0.494 e. The van der Waals surface area contributed by atoms with Crippen molar-refractivity contribution in [3.8, 4) is 5.75 Å². The Morgan fingerprint density at radius 3 is 2.58 bits per heavy atom. The SMILES string of the molecule is CCOc1ccccc1[C@@H]1NC(=S)NC(C)=C1C(=O)Nc1ccccc1. The molecule has 0 aromatic heterocycles. The number of anilines is 1. The second-order valence-electron chi connectivity index (χ2n) is 5.86. The number of thiocarbonyl (C=S) groups is 1. The first kappa shape index (κ1) is 17.9.